The van der Waals surface area contributed by atoms with Gasteiger partial charge in [0.15, 0.2) is 0 Å². The van der Waals surface area contributed by atoms with Crippen LogP contribution in [0.4, 0.5) is 10.2 Å². The third-order valence-electron chi connectivity index (χ3n) is 8.34. The maximum atomic E-state index is 15.1. The Labute approximate surface area is 214 Å². The number of nitrogens with one attached hydrogen (secondary N) is 1. The monoisotopic (exact) mass is 505 g/mol. The maximum absolute atomic E-state index is 15.1. The maximum Gasteiger partial charge on any atom is 0.137 e. The van der Waals surface area contributed by atoms with Crippen molar-refractivity contribution in [2.75, 3.05) is 64.4 Å². The van der Waals surface area contributed by atoms with Crippen molar-refractivity contribution < 1.29 is 9.13 Å². The predicted molar refractivity (Wildman–Crippen MR) is 144 cm³/mol. The second-order valence-electron chi connectivity index (χ2n) is 10.9. The summed E-state index contributed by atoms with van der Waals surface area (Å²) in [6, 6.07) is 9.72. The lowest BCUT2D eigenvalue weighted by Gasteiger charge is -2.53. The molecule has 4 aromatic rings. The zero-order chi connectivity index (χ0) is 24.3. The number of aromatic nitrogens is 2. The second kappa shape index (κ2) is 8.80. The number of ether oxygens (including phenoxy) is 1. The fourth-order valence-corrected chi connectivity index (χ4v) is 7.48. The molecule has 0 radical (unpaired) electrons. The lowest BCUT2D eigenvalue weighted by atomic mass is 9.72. The molecule has 1 spiro atoms. The molecule has 1 aromatic carbocycles. The molecule has 6 heterocycles. The van der Waals surface area contributed by atoms with E-state index in [2.05, 4.69) is 38.9 Å². The van der Waals surface area contributed by atoms with Crippen LogP contribution in [0.3, 0.4) is 0 Å². The van der Waals surface area contributed by atoms with Crippen LogP contribution in [0.25, 0.3) is 31.4 Å². The SMILES string of the molecule is CN1CCC2(CC1)CN(Cc1cc3sc(-c4c(F)ccc5[nH]ccc45)cc3c(N3CCOCC3)n1)C2. The molecule has 3 saturated heterocycles. The number of fused-ring (bicyclic) bond motifs is 2. The van der Waals surface area contributed by atoms with Gasteiger partial charge in [-0.1, -0.05) is 0 Å². The number of anilines is 1. The van der Waals surface area contributed by atoms with Gasteiger partial charge in [0, 0.05) is 70.4 Å². The Morgan fingerprint density at radius 1 is 1.06 bits per heavy atom. The summed E-state index contributed by atoms with van der Waals surface area (Å²) >= 11 is 1.67. The number of hydrogen-bond acceptors (Lipinski definition) is 6. The first kappa shape index (κ1) is 22.7. The van der Waals surface area contributed by atoms with E-state index in [1.807, 2.05) is 18.3 Å². The van der Waals surface area contributed by atoms with Crippen LogP contribution < -0.4 is 4.90 Å². The van der Waals surface area contributed by atoms with Crippen LogP contribution in [0, 0.1) is 11.2 Å². The van der Waals surface area contributed by atoms with Crippen LogP contribution in [0.2, 0.25) is 0 Å². The molecule has 6 nitrogen and oxygen atoms in total. The third kappa shape index (κ3) is 3.91. The highest BCUT2D eigenvalue weighted by Crippen LogP contribution is 2.43. The number of benzene rings is 1. The van der Waals surface area contributed by atoms with Gasteiger partial charge in [0.1, 0.15) is 11.6 Å². The van der Waals surface area contributed by atoms with Gasteiger partial charge >= 0.3 is 0 Å². The van der Waals surface area contributed by atoms with Crippen molar-refractivity contribution in [3.8, 4) is 10.4 Å². The molecule has 0 saturated carbocycles. The number of hydrogen-bond donors (Lipinski definition) is 1. The van der Waals surface area contributed by atoms with Crippen molar-refractivity contribution >= 4 is 38.1 Å². The molecule has 3 aliphatic rings. The Morgan fingerprint density at radius 3 is 2.67 bits per heavy atom. The molecular formula is C28H32FN5OS. The van der Waals surface area contributed by atoms with E-state index in [-0.39, 0.29) is 5.82 Å². The normalized spacial score (nSPS) is 21.0. The minimum atomic E-state index is -0.182. The molecule has 7 rings (SSSR count). The van der Waals surface area contributed by atoms with Crippen LogP contribution >= 0.6 is 11.3 Å². The fraction of sp³-hybridized carbons (Fsp3) is 0.464. The van der Waals surface area contributed by atoms with Crippen molar-refractivity contribution in [2.45, 2.75) is 19.4 Å². The van der Waals surface area contributed by atoms with Gasteiger partial charge in [0.05, 0.1) is 18.9 Å². The van der Waals surface area contributed by atoms with Crippen LogP contribution in [0.15, 0.2) is 36.5 Å². The number of morpholine rings is 1. The third-order valence-corrected chi connectivity index (χ3v) is 9.44. The number of nitrogens with zero attached hydrogens (tertiary/aromatic N) is 4. The van der Waals surface area contributed by atoms with Crippen molar-refractivity contribution in [1.29, 1.82) is 0 Å². The van der Waals surface area contributed by atoms with E-state index in [1.54, 1.807) is 17.4 Å². The number of pyridine rings is 1. The summed E-state index contributed by atoms with van der Waals surface area (Å²) in [6.45, 7) is 8.73. The Bertz CT molecular complexity index is 1410. The smallest absolute Gasteiger partial charge is 0.137 e. The van der Waals surface area contributed by atoms with Crippen molar-refractivity contribution in [2.24, 2.45) is 5.41 Å². The first-order valence-corrected chi connectivity index (χ1v) is 13.8. The van der Waals surface area contributed by atoms with Crippen LogP contribution in [-0.2, 0) is 11.3 Å². The first-order valence-electron chi connectivity index (χ1n) is 13.0. The zero-order valence-corrected chi connectivity index (χ0v) is 21.5. The molecule has 188 valence electrons. The fourth-order valence-electron chi connectivity index (χ4n) is 6.30. The van der Waals surface area contributed by atoms with E-state index in [9.17, 15) is 0 Å². The number of H-pyrrole nitrogens is 1. The minimum Gasteiger partial charge on any atom is -0.378 e. The molecule has 0 bridgehead atoms. The summed E-state index contributed by atoms with van der Waals surface area (Å²) in [6.07, 6.45) is 4.48. The van der Waals surface area contributed by atoms with E-state index in [1.165, 1.54) is 43.7 Å². The van der Waals surface area contributed by atoms with Crippen LogP contribution in [-0.4, -0.2) is 79.3 Å². The average molecular weight is 506 g/mol. The number of rotatable bonds is 4. The van der Waals surface area contributed by atoms with Gasteiger partial charge in [0.25, 0.3) is 0 Å². The van der Waals surface area contributed by atoms with Crippen molar-refractivity contribution in [3.63, 3.8) is 0 Å². The summed E-state index contributed by atoms with van der Waals surface area (Å²) in [5, 5.41) is 2.04. The van der Waals surface area contributed by atoms with E-state index in [4.69, 9.17) is 9.72 Å². The molecule has 0 atom stereocenters. The lowest BCUT2D eigenvalue weighted by Crippen LogP contribution is -2.59. The molecule has 36 heavy (non-hydrogen) atoms. The zero-order valence-electron chi connectivity index (χ0n) is 20.7. The Morgan fingerprint density at radius 2 is 1.86 bits per heavy atom. The van der Waals surface area contributed by atoms with Gasteiger partial charge in [-0.3, -0.25) is 4.90 Å². The molecule has 0 amide bonds. The number of thiophene rings is 1. The highest BCUT2D eigenvalue weighted by molar-refractivity contribution is 7.22. The van der Waals surface area contributed by atoms with Gasteiger partial charge in [-0.2, -0.15) is 0 Å². The van der Waals surface area contributed by atoms with E-state index < -0.39 is 0 Å². The number of aromatic amines is 1. The number of piperidine rings is 1. The van der Waals surface area contributed by atoms with Gasteiger partial charge in [-0.15, -0.1) is 11.3 Å². The summed E-state index contributed by atoms with van der Waals surface area (Å²) in [4.78, 5) is 16.7. The number of halogens is 1. The van der Waals surface area contributed by atoms with E-state index in [0.717, 1.165) is 52.3 Å². The molecule has 8 heteroatoms. The van der Waals surface area contributed by atoms with E-state index >= 15 is 4.39 Å². The summed E-state index contributed by atoms with van der Waals surface area (Å²) in [5.74, 6) is 0.836. The van der Waals surface area contributed by atoms with Crippen LogP contribution in [0.1, 0.15) is 18.5 Å². The lowest BCUT2D eigenvalue weighted by molar-refractivity contribution is -0.0476. The molecule has 3 fully saturated rings. The molecule has 3 aliphatic heterocycles. The first-order chi connectivity index (χ1) is 17.6. The molecular weight excluding hydrogens is 473 g/mol. The molecule has 0 unspecified atom stereocenters. The van der Waals surface area contributed by atoms with E-state index in [0.29, 0.717) is 24.2 Å². The quantitative estimate of drug-likeness (QED) is 0.425. The predicted octanol–water partition coefficient (Wildman–Crippen LogP) is 4.95. The van der Waals surface area contributed by atoms with Gasteiger partial charge in [0.2, 0.25) is 0 Å². The van der Waals surface area contributed by atoms with Crippen LogP contribution in [0.5, 0.6) is 0 Å². The highest BCUT2D eigenvalue weighted by Gasteiger charge is 2.44. The molecule has 0 aliphatic carbocycles. The van der Waals surface area contributed by atoms with Gasteiger partial charge in [-0.05, 0) is 68.7 Å². The molecule has 3 aromatic heterocycles. The summed E-state index contributed by atoms with van der Waals surface area (Å²) in [5.41, 5.74) is 3.25. The Balaban J connectivity index is 1.24. The Hall–Kier alpha value is -2.52. The second-order valence-corrected chi connectivity index (χ2v) is 12.0. The Kier molecular flexibility index (Phi) is 5.54. The number of likely N-dealkylation sites (tertiary alicyclic amines) is 2. The van der Waals surface area contributed by atoms with Crippen molar-refractivity contribution in [1.82, 2.24) is 19.8 Å². The van der Waals surface area contributed by atoms with Gasteiger partial charge < -0.3 is 19.5 Å². The highest BCUT2D eigenvalue weighted by atomic mass is 32.1. The largest absolute Gasteiger partial charge is 0.378 e. The molecule has 1 N–H and O–H groups in total. The summed E-state index contributed by atoms with van der Waals surface area (Å²) < 4.78 is 21.9. The van der Waals surface area contributed by atoms with Crippen molar-refractivity contribution in [3.05, 3.63) is 48.0 Å². The standard InChI is InChI=1S/C28H32FN5OS/c1-32-8-5-28(6-9-32)17-33(18-28)16-19-14-24-21(27(31-19)34-10-12-35-13-11-34)15-25(36-24)26-20-4-7-30-23(20)3-2-22(26)29/h2-4,7,14-15,30H,5-6,8-13,16-18H2,1H3. The summed E-state index contributed by atoms with van der Waals surface area (Å²) in [7, 11) is 2.23. The topological polar surface area (TPSA) is 47.6 Å². The minimum absolute atomic E-state index is 0.182. The average Bonchev–Trinajstić information content (AvgIpc) is 3.51. The van der Waals surface area contributed by atoms with Gasteiger partial charge in [-0.25, -0.2) is 9.37 Å².